The molecule has 6 nitrogen and oxygen atoms in total. The minimum absolute atomic E-state index is 0.000734. The van der Waals surface area contributed by atoms with Gasteiger partial charge in [-0.15, -0.1) is 0 Å². The van der Waals surface area contributed by atoms with E-state index < -0.39 is 0 Å². The zero-order chi connectivity index (χ0) is 16.1. The quantitative estimate of drug-likeness (QED) is 0.713. The Balaban J connectivity index is 1.80. The summed E-state index contributed by atoms with van der Waals surface area (Å²) in [5.74, 6) is 0.865. The lowest BCUT2D eigenvalue weighted by molar-refractivity contribution is -0.136. The van der Waals surface area contributed by atoms with Crippen LogP contribution in [0.4, 0.5) is 0 Å². The van der Waals surface area contributed by atoms with Crippen LogP contribution in [0, 0.1) is 5.92 Å². The molecule has 0 saturated carbocycles. The van der Waals surface area contributed by atoms with Crippen molar-refractivity contribution in [3.05, 3.63) is 0 Å². The van der Waals surface area contributed by atoms with E-state index in [1.807, 2.05) is 9.80 Å². The predicted molar refractivity (Wildman–Crippen MR) is 84.5 cm³/mol. The average molecular weight is 311 g/mol. The van der Waals surface area contributed by atoms with Crippen LogP contribution in [-0.2, 0) is 14.3 Å². The molecule has 2 fully saturated rings. The highest BCUT2D eigenvalue weighted by molar-refractivity contribution is 5.84. The van der Waals surface area contributed by atoms with Crippen LogP contribution in [0.1, 0.15) is 26.7 Å². The number of hydrogen-bond donors (Lipinski definition) is 0. The number of amides is 2. The molecule has 0 radical (unpaired) electrons. The van der Waals surface area contributed by atoms with E-state index in [1.165, 1.54) is 0 Å². The van der Waals surface area contributed by atoms with E-state index in [4.69, 9.17) is 4.74 Å². The summed E-state index contributed by atoms with van der Waals surface area (Å²) in [6, 6.07) is -0.000734. The van der Waals surface area contributed by atoms with Crippen molar-refractivity contribution in [2.75, 3.05) is 53.0 Å². The lowest BCUT2D eigenvalue weighted by atomic mass is 10.1. The fourth-order valence-electron chi connectivity index (χ4n) is 3.25. The number of carbonyl (C=O) groups excluding carboxylic acids is 2. The summed E-state index contributed by atoms with van der Waals surface area (Å²) in [4.78, 5) is 30.6. The van der Waals surface area contributed by atoms with E-state index in [0.29, 0.717) is 25.5 Å². The van der Waals surface area contributed by atoms with Gasteiger partial charge in [0.25, 0.3) is 0 Å². The van der Waals surface area contributed by atoms with Crippen LogP contribution in [0.2, 0.25) is 0 Å². The fourth-order valence-corrected chi connectivity index (χ4v) is 3.25. The molecule has 22 heavy (non-hydrogen) atoms. The van der Waals surface area contributed by atoms with Crippen LogP contribution in [0.25, 0.3) is 0 Å². The van der Waals surface area contributed by atoms with Crippen molar-refractivity contribution in [3.63, 3.8) is 0 Å². The number of nitrogens with zero attached hydrogens (tertiary/aromatic N) is 3. The molecule has 2 rings (SSSR count). The van der Waals surface area contributed by atoms with E-state index in [2.05, 4.69) is 18.7 Å². The van der Waals surface area contributed by atoms with Crippen molar-refractivity contribution in [2.45, 2.75) is 32.7 Å². The van der Waals surface area contributed by atoms with Gasteiger partial charge in [0, 0.05) is 52.8 Å². The molecule has 1 unspecified atom stereocenters. The lowest BCUT2D eigenvalue weighted by Gasteiger charge is -2.37. The molecule has 2 saturated heterocycles. The molecule has 0 aliphatic carbocycles. The first-order valence-corrected chi connectivity index (χ1v) is 8.32. The summed E-state index contributed by atoms with van der Waals surface area (Å²) in [6.07, 6.45) is 1.51. The molecule has 126 valence electrons. The molecule has 0 aromatic carbocycles. The molecule has 2 amide bonds. The van der Waals surface area contributed by atoms with Crippen LogP contribution in [0.3, 0.4) is 0 Å². The second-order valence-electron chi connectivity index (χ2n) is 6.64. The van der Waals surface area contributed by atoms with Gasteiger partial charge >= 0.3 is 0 Å². The van der Waals surface area contributed by atoms with E-state index in [9.17, 15) is 9.59 Å². The van der Waals surface area contributed by atoms with Gasteiger partial charge in [-0.05, 0) is 12.3 Å². The Morgan fingerprint density at radius 3 is 2.50 bits per heavy atom. The smallest absolute Gasteiger partial charge is 0.240 e. The Hall–Kier alpha value is -1.14. The van der Waals surface area contributed by atoms with Crippen molar-refractivity contribution in [1.82, 2.24) is 14.7 Å². The number of piperazine rings is 1. The second kappa shape index (κ2) is 7.92. The first-order chi connectivity index (χ1) is 10.5. The van der Waals surface area contributed by atoms with Crippen LogP contribution in [0.15, 0.2) is 0 Å². The maximum atomic E-state index is 12.4. The van der Waals surface area contributed by atoms with Gasteiger partial charge < -0.3 is 14.5 Å². The first kappa shape index (κ1) is 17.2. The van der Waals surface area contributed by atoms with Crippen LogP contribution in [-0.4, -0.2) is 85.5 Å². The minimum Gasteiger partial charge on any atom is -0.383 e. The van der Waals surface area contributed by atoms with Gasteiger partial charge in [-0.25, -0.2) is 0 Å². The molecule has 0 N–H and O–H groups in total. The number of hydrogen-bond acceptors (Lipinski definition) is 4. The molecule has 1 atom stereocenters. The highest BCUT2D eigenvalue weighted by Gasteiger charge is 2.37. The molecule has 6 heteroatoms. The van der Waals surface area contributed by atoms with Crippen molar-refractivity contribution < 1.29 is 14.3 Å². The topological polar surface area (TPSA) is 53.1 Å². The molecule has 2 aliphatic heterocycles. The van der Waals surface area contributed by atoms with Crippen molar-refractivity contribution in [1.29, 1.82) is 0 Å². The zero-order valence-electron chi connectivity index (χ0n) is 14.1. The van der Waals surface area contributed by atoms with Gasteiger partial charge in [-0.3, -0.25) is 14.5 Å². The van der Waals surface area contributed by atoms with Crippen molar-refractivity contribution >= 4 is 11.8 Å². The van der Waals surface area contributed by atoms with Gasteiger partial charge in [0.05, 0.1) is 12.6 Å². The second-order valence-corrected chi connectivity index (χ2v) is 6.64. The largest absolute Gasteiger partial charge is 0.383 e. The summed E-state index contributed by atoms with van der Waals surface area (Å²) in [5.41, 5.74) is 0. The molecule has 2 aliphatic rings. The normalized spacial score (nSPS) is 23.6. The fraction of sp³-hybridized carbons (Fsp3) is 0.875. The SMILES string of the molecule is COCCN1CCC(N2CCN(C(=O)CC(C)C)CC2)C1=O. The number of rotatable bonds is 6. The Bertz CT molecular complexity index is 392. The van der Waals surface area contributed by atoms with Gasteiger partial charge in [-0.1, -0.05) is 13.8 Å². The lowest BCUT2D eigenvalue weighted by Crippen LogP contribution is -2.54. The van der Waals surface area contributed by atoms with Gasteiger partial charge in [-0.2, -0.15) is 0 Å². The van der Waals surface area contributed by atoms with E-state index in [0.717, 1.165) is 39.1 Å². The molecule has 2 heterocycles. The third-order valence-corrected chi connectivity index (χ3v) is 4.53. The monoisotopic (exact) mass is 311 g/mol. The van der Waals surface area contributed by atoms with E-state index in [1.54, 1.807) is 7.11 Å². The van der Waals surface area contributed by atoms with Crippen LogP contribution >= 0.6 is 0 Å². The maximum Gasteiger partial charge on any atom is 0.240 e. The molecule has 0 bridgehead atoms. The molecule has 0 aromatic heterocycles. The third-order valence-electron chi connectivity index (χ3n) is 4.53. The summed E-state index contributed by atoms with van der Waals surface area (Å²) in [7, 11) is 1.66. The molecule has 0 aromatic rings. The van der Waals surface area contributed by atoms with Gasteiger partial charge in [0.15, 0.2) is 0 Å². The van der Waals surface area contributed by atoms with Gasteiger partial charge in [0.1, 0.15) is 0 Å². The highest BCUT2D eigenvalue weighted by Crippen LogP contribution is 2.19. The number of methoxy groups -OCH3 is 1. The summed E-state index contributed by atoms with van der Waals surface area (Å²) in [6.45, 7) is 9.32. The third kappa shape index (κ3) is 4.20. The predicted octanol–water partition coefficient (Wildman–Crippen LogP) is 0.424. The van der Waals surface area contributed by atoms with E-state index in [-0.39, 0.29) is 17.9 Å². The first-order valence-electron chi connectivity index (χ1n) is 8.32. The Morgan fingerprint density at radius 1 is 1.23 bits per heavy atom. The Morgan fingerprint density at radius 2 is 1.91 bits per heavy atom. The van der Waals surface area contributed by atoms with Crippen molar-refractivity contribution in [3.8, 4) is 0 Å². The van der Waals surface area contributed by atoms with Crippen LogP contribution in [0.5, 0.6) is 0 Å². The summed E-state index contributed by atoms with van der Waals surface area (Å²) < 4.78 is 5.05. The zero-order valence-corrected chi connectivity index (χ0v) is 14.1. The van der Waals surface area contributed by atoms with Crippen LogP contribution < -0.4 is 0 Å². The summed E-state index contributed by atoms with van der Waals surface area (Å²) in [5, 5.41) is 0. The Kier molecular flexibility index (Phi) is 6.20. The number of ether oxygens (including phenoxy) is 1. The molecular formula is C16H29N3O3. The maximum absolute atomic E-state index is 12.4. The van der Waals surface area contributed by atoms with E-state index >= 15 is 0 Å². The minimum atomic E-state index is -0.000734. The van der Waals surface area contributed by atoms with Gasteiger partial charge in [0.2, 0.25) is 11.8 Å². The summed E-state index contributed by atoms with van der Waals surface area (Å²) >= 11 is 0. The molecular weight excluding hydrogens is 282 g/mol. The highest BCUT2D eigenvalue weighted by atomic mass is 16.5. The number of carbonyl (C=O) groups is 2. The molecule has 0 spiro atoms. The Labute approximate surface area is 133 Å². The van der Waals surface area contributed by atoms with Crippen molar-refractivity contribution in [2.24, 2.45) is 5.92 Å². The number of likely N-dealkylation sites (tertiary alicyclic amines) is 1. The standard InChI is InChI=1S/C16H29N3O3/c1-13(2)12-15(20)18-8-6-17(7-9-18)14-4-5-19(16(14)21)10-11-22-3/h13-14H,4-12H2,1-3H3. The average Bonchev–Trinajstić information content (AvgIpc) is 2.85.